The van der Waals surface area contributed by atoms with E-state index >= 15 is 0 Å². The number of anilines is 2. The third-order valence-corrected chi connectivity index (χ3v) is 3.55. The SMILES string of the molecule is Nc1cc(F)c(Cl)cc1NCCCN1CCCC1. The number of nitrogens with one attached hydrogen (secondary N) is 1. The number of nitrogens with zero attached hydrogens (tertiary/aromatic N) is 1. The summed E-state index contributed by atoms with van der Waals surface area (Å²) in [5, 5.41) is 3.31. The van der Waals surface area contributed by atoms with Gasteiger partial charge in [0.25, 0.3) is 0 Å². The van der Waals surface area contributed by atoms with Crippen molar-refractivity contribution in [2.24, 2.45) is 0 Å². The molecule has 18 heavy (non-hydrogen) atoms. The summed E-state index contributed by atoms with van der Waals surface area (Å²) in [4.78, 5) is 2.46. The predicted octanol–water partition coefficient (Wildman–Crippen LogP) is 2.96. The lowest BCUT2D eigenvalue weighted by Gasteiger charge is -2.15. The topological polar surface area (TPSA) is 41.3 Å². The lowest BCUT2D eigenvalue weighted by molar-refractivity contribution is 0.337. The molecule has 0 aromatic heterocycles. The van der Waals surface area contributed by atoms with Crippen LogP contribution in [0.4, 0.5) is 15.8 Å². The van der Waals surface area contributed by atoms with Crippen molar-refractivity contribution in [3.05, 3.63) is 23.0 Å². The molecular weight excluding hydrogens is 253 g/mol. The number of likely N-dealkylation sites (tertiary alicyclic amines) is 1. The Morgan fingerprint density at radius 2 is 2.06 bits per heavy atom. The minimum atomic E-state index is -0.475. The van der Waals surface area contributed by atoms with Gasteiger partial charge in [-0.2, -0.15) is 0 Å². The van der Waals surface area contributed by atoms with E-state index in [1.54, 1.807) is 6.07 Å². The monoisotopic (exact) mass is 271 g/mol. The summed E-state index contributed by atoms with van der Waals surface area (Å²) < 4.78 is 13.1. The Hall–Kier alpha value is -1.00. The molecule has 1 saturated heterocycles. The van der Waals surface area contributed by atoms with Gasteiger partial charge in [-0.15, -0.1) is 0 Å². The molecule has 1 aromatic carbocycles. The largest absolute Gasteiger partial charge is 0.397 e. The molecule has 3 N–H and O–H groups in total. The van der Waals surface area contributed by atoms with Crippen LogP contribution in [0.25, 0.3) is 0 Å². The molecule has 0 saturated carbocycles. The second-order valence-electron chi connectivity index (χ2n) is 4.68. The molecule has 2 rings (SSSR count). The average Bonchev–Trinajstić information content (AvgIpc) is 2.84. The predicted molar refractivity (Wildman–Crippen MR) is 74.6 cm³/mol. The molecule has 0 unspecified atom stereocenters. The summed E-state index contributed by atoms with van der Waals surface area (Å²) in [7, 11) is 0. The zero-order valence-electron chi connectivity index (χ0n) is 10.4. The van der Waals surface area contributed by atoms with Crippen LogP contribution < -0.4 is 11.1 Å². The third-order valence-electron chi connectivity index (χ3n) is 3.26. The molecule has 0 spiro atoms. The van der Waals surface area contributed by atoms with E-state index in [1.807, 2.05) is 0 Å². The molecule has 1 heterocycles. The molecule has 100 valence electrons. The first kappa shape index (κ1) is 13.4. The summed E-state index contributed by atoms with van der Waals surface area (Å²) in [6.45, 7) is 4.35. The van der Waals surface area contributed by atoms with Crippen LogP contribution in [-0.4, -0.2) is 31.1 Å². The first-order valence-corrected chi connectivity index (χ1v) is 6.75. The Balaban J connectivity index is 1.77. The maximum atomic E-state index is 13.1. The Bertz CT molecular complexity index is 405. The summed E-state index contributed by atoms with van der Waals surface area (Å²) in [5.74, 6) is -0.475. The zero-order valence-corrected chi connectivity index (χ0v) is 11.1. The molecule has 1 aliphatic heterocycles. The number of hydrogen-bond acceptors (Lipinski definition) is 3. The molecule has 3 nitrogen and oxygen atoms in total. The van der Waals surface area contributed by atoms with Gasteiger partial charge in [-0.05, 0) is 45.0 Å². The molecule has 1 fully saturated rings. The van der Waals surface area contributed by atoms with Crippen LogP contribution in [0, 0.1) is 5.82 Å². The summed E-state index contributed by atoms with van der Waals surface area (Å²) in [6.07, 6.45) is 3.68. The lowest BCUT2D eigenvalue weighted by Crippen LogP contribution is -2.22. The Labute approximate surface area is 112 Å². The molecule has 1 aromatic rings. The van der Waals surface area contributed by atoms with Crippen LogP contribution in [-0.2, 0) is 0 Å². The fraction of sp³-hybridized carbons (Fsp3) is 0.538. The summed E-state index contributed by atoms with van der Waals surface area (Å²) in [6, 6.07) is 2.80. The summed E-state index contributed by atoms with van der Waals surface area (Å²) >= 11 is 5.72. The van der Waals surface area contributed by atoms with Gasteiger partial charge in [-0.1, -0.05) is 11.6 Å². The minimum absolute atomic E-state index is 0.103. The van der Waals surface area contributed by atoms with E-state index in [2.05, 4.69) is 10.2 Å². The molecule has 0 bridgehead atoms. The minimum Gasteiger partial charge on any atom is -0.397 e. The van der Waals surface area contributed by atoms with E-state index in [1.165, 1.54) is 32.0 Å². The molecular formula is C13H19ClFN3. The van der Waals surface area contributed by atoms with Crippen LogP contribution in [0.3, 0.4) is 0 Å². The van der Waals surface area contributed by atoms with Gasteiger partial charge in [0.1, 0.15) is 5.82 Å². The fourth-order valence-electron chi connectivity index (χ4n) is 2.25. The number of halogens is 2. The Morgan fingerprint density at radius 1 is 1.33 bits per heavy atom. The number of nitrogen functional groups attached to an aromatic ring is 1. The van der Waals surface area contributed by atoms with Gasteiger partial charge in [0.05, 0.1) is 16.4 Å². The fourth-order valence-corrected chi connectivity index (χ4v) is 2.41. The number of hydrogen-bond donors (Lipinski definition) is 2. The highest BCUT2D eigenvalue weighted by Crippen LogP contribution is 2.26. The van der Waals surface area contributed by atoms with Crippen molar-refractivity contribution in [3.63, 3.8) is 0 Å². The second-order valence-corrected chi connectivity index (χ2v) is 5.09. The van der Waals surface area contributed by atoms with Crippen molar-refractivity contribution in [2.45, 2.75) is 19.3 Å². The molecule has 0 atom stereocenters. The van der Waals surface area contributed by atoms with Gasteiger partial charge in [0, 0.05) is 12.6 Å². The van der Waals surface area contributed by atoms with E-state index < -0.39 is 5.82 Å². The first-order chi connectivity index (χ1) is 8.66. The Morgan fingerprint density at radius 3 is 2.78 bits per heavy atom. The molecule has 0 aliphatic carbocycles. The Kier molecular flexibility index (Phi) is 4.66. The van der Waals surface area contributed by atoms with Crippen molar-refractivity contribution in [1.29, 1.82) is 0 Å². The van der Waals surface area contributed by atoms with Crippen molar-refractivity contribution in [3.8, 4) is 0 Å². The van der Waals surface area contributed by atoms with E-state index in [9.17, 15) is 4.39 Å². The van der Waals surface area contributed by atoms with Gasteiger partial charge < -0.3 is 16.0 Å². The van der Waals surface area contributed by atoms with Gasteiger partial charge in [0.2, 0.25) is 0 Å². The van der Waals surface area contributed by atoms with Crippen molar-refractivity contribution in [1.82, 2.24) is 4.90 Å². The highest BCUT2D eigenvalue weighted by molar-refractivity contribution is 6.31. The smallest absolute Gasteiger partial charge is 0.143 e. The molecule has 5 heteroatoms. The van der Waals surface area contributed by atoms with E-state index in [0.29, 0.717) is 11.4 Å². The van der Waals surface area contributed by atoms with Gasteiger partial charge in [-0.3, -0.25) is 0 Å². The normalized spacial score (nSPS) is 16.1. The average molecular weight is 272 g/mol. The highest BCUT2D eigenvalue weighted by Gasteiger charge is 2.10. The number of rotatable bonds is 5. The number of benzene rings is 1. The van der Waals surface area contributed by atoms with Crippen LogP contribution in [0.2, 0.25) is 5.02 Å². The second kappa shape index (κ2) is 6.25. The van der Waals surface area contributed by atoms with Crippen molar-refractivity contribution >= 4 is 23.0 Å². The number of nitrogens with two attached hydrogens (primary N) is 1. The maximum absolute atomic E-state index is 13.1. The standard InChI is InChI=1S/C13H19ClFN3/c14-10-8-13(12(16)9-11(10)15)17-4-3-7-18-5-1-2-6-18/h8-9,17H,1-7,16H2. The maximum Gasteiger partial charge on any atom is 0.143 e. The van der Waals surface area contributed by atoms with Crippen LogP contribution in [0.1, 0.15) is 19.3 Å². The summed E-state index contributed by atoms with van der Waals surface area (Å²) in [5.41, 5.74) is 6.84. The van der Waals surface area contributed by atoms with Crippen LogP contribution in [0.5, 0.6) is 0 Å². The quantitative estimate of drug-likeness (QED) is 0.639. The van der Waals surface area contributed by atoms with Crippen LogP contribution >= 0.6 is 11.6 Å². The van der Waals surface area contributed by atoms with Gasteiger partial charge in [-0.25, -0.2) is 4.39 Å². The van der Waals surface area contributed by atoms with E-state index in [4.69, 9.17) is 17.3 Å². The lowest BCUT2D eigenvalue weighted by atomic mass is 10.2. The zero-order chi connectivity index (χ0) is 13.0. The highest BCUT2D eigenvalue weighted by atomic mass is 35.5. The molecule has 1 aliphatic rings. The van der Waals surface area contributed by atoms with Gasteiger partial charge >= 0.3 is 0 Å². The third kappa shape index (κ3) is 3.50. The van der Waals surface area contributed by atoms with Crippen molar-refractivity contribution < 1.29 is 4.39 Å². The van der Waals surface area contributed by atoms with E-state index in [-0.39, 0.29) is 5.02 Å². The first-order valence-electron chi connectivity index (χ1n) is 6.37. The molecule has 0 radical (unpaired) electrons. The van der Waals surface area contributed by atoms with Crippen LogP contribution in [0.15, 0.2) is 12.1 Å². The van der Waals surface area contributed by atoms with E-state index in [0.717, 1.165) is 19.5 Å². The molecule has 0 amide bonds. The van der Waals surface area contributed by atoms with Gasteiger partial charge in [0.15, 0.2) is 0 Å². The van der Waals surface area contributed by atoms with Crippen molar-refractivity contribution in [2.75, 3.05) is 37.2 Å².